The molecule has 6 rings (SSSR count). The highest BCUT2D eigenvalue weighted by atomic mass is 19.1. The first kappa shape index (κ1) is 17.9. The van der Waals surface area contributed by atoms with Gasteiger partial charge in [-0.3, -0.25) is 0 Å². The maximum Gasteiger partial charge on any atom is 0.216 e. The van der Waals surface area contributed by atoms with E-state index in [1.54, 1.807) is 11.6 Å². The van der Waals surface area contributed by atoms with Gasteiger partial charge in [-0.05, 0) is 59.4 Å². The SMILES string of the molecule is [2H]C([2H])([2H])c1cc(-c2c(C)ccc3c2oc2c(-c4ccc5ccccc5c4)cc(C#N)cc23)[n+](C)cc1F. The van der Waals surface area contributed by atoms with Crippen molar-refractivity contribution in [2.75, 3.05) is 0 Å². The molecule has 0 saturated heterocycles. The van der Waals surface area contributed by atoms with E-state index >= 15 is 0 Å². The molecule has 6 aromatic rings. The second kappa shape index (κ2) is 7.78. The number of aryl methyl sites for hydroxylation is 3. The van der Waals surface area contributed by atoms with Gasteiger partial charge in [-0.1, -0.05) is 48.5 Å². The molecule has 35 heavy (non-hydrogen) atoms. The van der Waals surface area contributed by atoms with Crippen molar-refractivity contribution in [1.29, 1.82) is 5.26 Å². The fourth-order valence-electron chi connectivity index (χ4n) is 4.86. The summed E-state index contributed by atoms with van der Waals surface area (Å²) in [6.45, 7) is -0.695. The number of pyridine rings is 1. The van der Waals surface area contributed by atoms with Crippen LogP contribution in [-0.4, -0.2) is 0 Å². The van der Waals surface area contributed by atoms with Crippen LogP contribution in [0.5, 0.6) is 0 Å². The molecule has 4 aromatic carbocycles. The Hall–Kier alpha value is -4.49. The van der Waals surface area contributed by atoms with Crippen molar-refractivity contribution in [3.05, 3.63) is 102 Å². The van der Waals surface area contributed by atoms with Crippen LogP contribution in [0.2, 0.25) is 0 Å². The molecule has 0 aliphatic heterocycles. The predicted octanol–water partition coefficient (Wildman–Crippen LogP) is 7.53. The summed E-state index contributed by atoms with van der Waals surface area (Å²) in [5, 5.41) is 13.6. The zero-order valence-corrected chi connectivity index (χ0v) is 19.2. The summed E-state index contributed by atoms with van der Waals surface area (Å²) in [5.74, 6) is -0.789. The molecule has 0 bridgehead atoms. The van der Waals surface area contributed by atoms with E-state index in [4.69, 9.17) is 8.53 Å². The Balaban J connectivity index is 1.69. The van der Waals surface area contributed by atoms with Crippen LogP contribution >= 0.6 is 0 Å². The average Bonchev–Trinajstić information content (AvgIpc) is 3.26. The van der Waals surface area contributed by atoms with Gasteiger partial charge in [0, 0.05) is 26.5 Å². The molecule has 4 heteroatoms. The van der Waals surface area contributed by atoms with Crippen LogP contribution in [0, 0.1) is 30.9 Å². The zero-order valence-electron chi connectivity index (χ0n) is 22.2. The molecule has 0 aliphatic rings. The molecule has 0 radical (unpaired) electrons. The molecule has 2 heterocycles. The minimum Gasteiger partial charge on any atom is -0.454 e. The summed E-state index contributed by atoms with van der Waals surface area (Å²) >= 11 is 0. The van der Waals surface area contributed by atoms with E-state index in [9.17, 15) is 9.65 Å². The summed E-state index contributed by atoms with van der Waals surface area (Å²) in [5.41, 5.74) is 5.09. The Morgan fingerprint density at radius 1 is 0.914 bits per heavy atom. The maximum absolute atomic E-state index is 14.6. The number of hydrogen-bond donors (Lipinski definition) is 0. The summed E-state index contributed by atoms with van der Waals surface area (Å²) < 4.78 is 46.2. The van der Waals surface area contributed by atoms with Crippen LogP contribution in [0.3, 0.4) is 0 Å². The maximum atomic E-state index is 14.6. The summed E-state index contributed by atoms with van der Waals surface area (Å²) in [4.78, 5) is 0. The summed E-state index contributed by atoms with van der Waals surface area (Å²) in [7, 11) is 1.68. The normalized spacial score (nSPS) is 13.0. The highest BCUT2D eigenvalue weighted by molar-refractivity contribution is 6.14. The van der Waals surface area contributed by atoms with Gasteiger partial charge in [-0.2, -0.15) is 9.83 Å². The lowest BCUT2D eigenvalue weighted by Gasteiger charge is -2.07. The lowest BCUT2D eigenvalue weighted by atomic mass is 9.96. The predicted molar refractivity (Wildman–Crippen MR) is 137 cm³/mol. The number of nitriles is 1. The molecule has 0 unspecified atom stereocenters. The minimum atomic E-state index is -2.60. The van der Waals surface area contributed by atoms with Crippen molar-refractivity contribution in [2.45, 2.75) is 13.8 Å². The van der Waals surface area contributed by atoms with Gasteiger partial charge in [-0.25, -0.2) is 4.39 Å². The number of benzene rings is 4. The third kappa shape index (κ3) is 3.28. The molecular weight excluding hydrogens is 435 g/mol. The van der Waals surface area contributed by atoms with E-state index in [1.807, 2.05) is 67.6 Å². The van der Waals surface area contributed by atoms with Gasteiger partial charge in [0.15, 0.2) is 5.82 Å². The standard InChI is InChI=1S/C31H22FN2O/c1-18-8-11-24-26-14-20(16-33)13-25(23-10-9-21-6-4-5-7-22(21)15-23)30(26)35-31(24)29(18)28-12-19(2)27(32)17-34(28)3/h4-15,17H,1-3H3/q+1/i2D3. The number of nitrogens with zero attached hydrogens (tertiary/aromatic N) is 2. The summed E-state index contributed by atoms with van der Waals surface area (Å²) in [6.07, 6.45) is 1.19. The number of furan rings is 1. The molecule has 168 valence electrons. The molecule has 0 amide bonds. The molecular formula is C31H22FN2O+. The van der Waals surface area contributed by atoms with Crippen molar-refractivity contribution in [2.24, 2.45) is 7.05 Å². The van der Waals surface area contributed by atoms with Crippen molar-refractivity contribution < 1.29 is 17.5 Å². The number of halogens is 1. The van der Waals surface area contributed by atoms with Crippen LogP contribution in [0.25, 0.3) is 55.1 Å². The van der Waals surface area contributed by atoms with Gasteiger partial charge in [0.1, 0.15) is 18.2 Å². The van der Waals surface area contributed by atoms with Crippen molar-refractivity contribution in [3.8, 4) is 28.5 Å². The minimum absolute atomic E-state index is 0.346. The van der Waals surface area contributed by atoms with E-state index in [-0.39, 0.29) is 5.56 Å². The third-order valence-electron chi connectivity index (χ3n) is 6.62. The molecule has 0 spiro atoms. The number of rotatable bonds is 2. The van der Waals surface area contributed by atoms with Gasteiger partial charge in [0.2, 0.25) is 11.9 Å². The van der Waals surface area contributed by atoms with Crippen LogP contribution in [0.15, 0.2) is 83.4 Å². The first-order chi connectivity index (χ1) is 18.2. The van der Waals surface area contributed by atoms with Gasteiger partial charge in [-0.15, -0.1) is 0 Å². The number of aromatic nitrogens is 1. The van der Waals surface area contributed by atoms with Gasteiger partial charge >= 0.3 is 0 Å². The number of fused-ring (bicyclic) bond motifs is 4. The lowest BCUT2D eigenvalue weighted by Crippen LogP contribution is -2.31. The van der Waals surface area contributed by atoms with Gasteiger partial charge in [0.05, 0.1) is 17.2 Å². The lowest BCUT2D eigenvalue weighted by molar-refractivity contribution is -0.662. The quantitative estimate of drug-likeness (QED) is 0.251. The molecule has 0 saturated carbocycles. The van der Waals surface area contributed by atoms with Crippen LogP contribution < -0.4 is 4.57 Å². The molecule has 0 aliphatic carbocycles. The zero-order chi connectivity index (χ0) is 26.8. The fourth-order valence-corrected chi connectivity index (χ4v) is 4.86. The Bertz CT molecular complexity index is 1970. The van der Waals surface area contributed by atoms with E-state index in [0.29, 0.717) is 28.0 Å². The van der Waals surface area contributed by atoms with Gasteiger partial charge < -0.3 is 4.42 Å². The highest BCUT2D eigenvalue weighted by Gasteiger charge is 2.23. The first-order valence-electron chi connectivity index (χ1n) is 12.7. The summed E-state index contributed by atoms with van der Waals surface area (Å²) in [6, 6.07) is 25.4. The molecule has 3 nitrogen and oxygen atoms in total. The smallest absolute Gasteiger partial charge is 0.216 e. The Kier molecular flexibility index (Phi) is 3.98. The van der Waals surface area contributed by atoms with Crippen LogP contribution in [0.1, 0.15) is 20.8 Å². The highest BCUT2D eigenvalue weighted by Crippen LogP contribution is 2.41. The molecule has 0 N–H and O–H groups in total. The largest absolute Gasteiger partial charge is 0.454 e. The molecule has 0 atom stereocenters. The topological polar surface area (TPSA) is 40.8 Å². The van der Waals surface area contributed by atoms with E-state index in [1.165, 1.54) is 12.3 Å². The van der Waals surface area contributed by atoms with Crippen LogP contribution in [0.4, 0.5) is 4.39 Å². The fraction of sp³-hybridized carbons (Fsp3) is 0.0968. The monoisotopic (exact) mass is 460 g/mol. The first-order valence-corrected chi connectivity index (χ1v) is 11.2. The van der Waals surface area contributed by atoms with E-state index in [0.717, 1.165) is 38.2 Å². The second-order valence-electron chi connectivity index (χ2n) is 8.84. The second-order valence-corrected chi connectivity index (χ2v) is 8.84. The number of hydrogen-bond acceptors (Lipinski definition) is 2. The Morgan fingerprint density at radius 3 is 2.54 bits per heavy atom. The van der Waals surface area contributed by atoms with E-state index in [2.05, 4.69) is 12.1 Å². The molecule has 0 fully saturated rings. The van der Waals surface area contributed by atoms with Crippen molar-refractivity contribution in [1.82, 2.24) is 0 Å². The third-order valence-corrected chi connectivity index (χ3v) is 6.62. The van der Waals surface area contributed by atoms with Gasteiger partial charge in [0.25, 0.3) is 0 Å². The van der Waals surface area contributed by atoms with Crippen molar-refractivity contribution >= 4 is 32.7 Å². The average molecular weight is 461 g/mol. The Morgan fingerprint density at radius 2 is 1.74 bits per heavy atom. The Labute approximate surface area is 206 Å². The van der Waals surface area contributed by atoms with E-state index < -0.39 is 12.7 Å². The van der Waals surface area contributed by atoms with Crippen LogP contribution in [-0.2, 0) is 7.05 Å². The molecule has 2 aromatic heterocycles. The van der Waals surface area contributed by atoms with Crippen molar-refractivity contribution in [3.63, 3.8) is 0 Å².